The van der Waals surface area contributed by atoms with Crippen LogP contribution in [-0.4, -0.2) is 23.5 Å². The standard InChI is InChI=1S/C12H13BrO3/c1-16-12(15)10-5-6-11(14)9(8-10)4-2-3-7-13/h2,4-6,8,14H,3,7H2,1H3. The number of benzene rings is 1. The summed E-state index contributed by atoms with van der Waals surface area (Å²) in [7, 11) is 1.33. The Kier molecular flexibility index (Phi) is 5.05. The summed E-state index contributed by atoms with van der Waals surface area (Å²) in [5.74, 6) is -0.256. The second-order valence-corrected chi connectivity index (χ2v) is 3.94. The molecule has 0 bridgehead atoms. The fourth-order valence-electron chi connectivity index (χ4n) is 1.21. The lowest BCUT2D eigenvalue weighted by Gasteiger charge is -2.03. The minimum atomic E-state index is -0.407. The predicted molar refractivity (Wildman–Crippen MR) is 66.9 cm³/mol. The Morgan fingerprint density at radius 2 is 2.31 bits per heavy atom. The fourth-order valence-corrected chi connectivity index (χ4v) is 1.47. The molecule has 1 rings (SSSR count). The maximum Gasteiger partial charge on any atom is 0.337 e. The van der Waals surface area contributed by atoms with Gasteiger partial charge in [-0.05, 0) is 24.6 Å². The van der Waals surface area contributed by atoms with Gasteiger partial charge >= 0.3 is 5.97 Å². The van der Waals surface area contributed by atoms with Gasteiger partial charge in [0, 0.05) is 10.9 Å². The van der Waals surface area contributed by atoms with Crippen molar-refractivity contribution in [1.29, 1.82) is 0 Å². The second kappa shape index (κ2) is 6.33. The fraction of sp³-hybridized carbons (Fsp3) is 0.250. The molecule has 0 unspecified atom stereocenters. The Balaban J connectivity index is 2.94. The van der Waals surface area contributed by atoms with E-state index in [0.29, 0.717) is 11.1 Å². The number of esters is 1. The molecule has 0 aliphatic rings. The van der Waals surface area contributed by atoms with Gasteiger partial charge in [0.1, 0.15) is 5.75 Å². The molecule has 1 N–H and O–H groups in total. The van der Waals surface area contributed by atoms with Crippen molar-refractivity contribution in [2.24, 2.45) is 0 Å². The minimum Gasteiger partial charge on any atom is -0.507 e. The van der Waals surface area contributed by atoms with Crippen LogP contribution in [0.15, 0.2) is 24.3 Å². The molecule has 1 aromatic rings. The largest absolute Gasteiger partial charge is 0.507 e. The summed E-state index contributed by atoms with van der Waals surface area (Å²) in [6.07, 6.45) is 4.57. The summed E-state index contributed by atoms with van der Waals surface area (Å²) in [6.45, 7) is 0. The van der Waals surface area contributed by atoms with Crippen molar-refractivity contribution in [3.63, 3.8) is 0 Å². The molecular formula is C12H13BrO3. The van der Waals surface area contributed by atoms with E-state index in [-0.39, 0.29) is 5.75 Å². The van der Waals surface area contributed by atoms with Gasteiger partial charge in [-0.2, -0.15) is 0 Å². The number of hydrogen-bond donors (Lipinski definition) is 1. The van der Waals surface area contributed by atoms with Gasteiger partial charge in [-0.25, -0.2) is 4.79 Å². The van der Waals surface area contributed by atoms with Crippen LogP contribution < -0.4 is 0 Å². The van der Waals surface area contributed by atoms with E-state index in [4.69, 9.17) is 0 Å². The van der Waals surface area contributed by atoms with Gasteiger partial charge in [-0.15, -0.1) is 0 Å². The number of phenolic OH excluding ortho intramolecular Hbond substituents is 1. The average Bonchev–Trinajstić information content (AvgIpc) is 2.31. The Bertz CT molecular complexity index is 399. The first kappa shape index (κ1) is 12.8. The summed E-state index contributed by atoms with van der Waals surface area (Å²) in [4.78, 5) is 11.3. The third kappa shape index (κ3) is 3.38. The van der Waals surface area contributed by atoms with Gasteiger partial charge in [-0.3, -0.25) is 0 Å². The molecule has 0 saturated heterocycles. The zero-order valence-electron chi connectivity index (χ0n) is 8.94. The zero-order valence-corrected chi connectivity index (χ0v) is 10.5. The molecule has 0 saturated carbocycles. The van der Waals surface area contributed by atoms with E-state index in [9.17, 15) is 9.90 Å². The lowest BCUT2D eigenvalue weighted by atomic mass is 10.1. The molecule has 0 spiro atoms. The van der Waals surface area contributed by atoms with Crippen molar-refractivity contribution in [3.8, 4) is 5.75 Å². The Morgan fingerprint density at radius 1 is 1.56 bits per heavy atom. The van der Waals surface area contributed by atoms with E-state index < -0.39 is 5.97 Å². The highest BCUT2D eigenvalue weighted by Crippen LogP contribution is 2.20. The van der Waals surface area contributed by atoms with Crippen LogP contribution in [0.25, 0.3) is 6.08 Å². The van der Waals surface area contributed by atoms with E-state index in [1.54, 1.807) is 12.1 Å². The van der Waals surface area contributed by atoms with Crippen molar-refractivity contribution in [2.75, 3.05) is 12.4 Å². The molecule has 16 heavy (non-hydrogen) atoms. The number of hydrogen-bond acceptors (Lipinski definition) is 3. The molecule has 0 radical (unpaired) electrons. The summed E-state index contributed by atoms with van der Waals surface area (Å²) in [5, 5.41) is 10.4. The number of carbonyl (C=O) groups excluding carboxylic acids is 1. The molecule has 1 aromatic carbocycles. The minimum absolute atomic E-state index is 0.151. The summed E-state index contributed by atoms with van der Waals surface area (Å²) in [5.41, 5.74) is 1.04. The lowest BCUT2D eigenvalue weighted by molar-refractivity contribution is 0.0600. The van der Waals surface area contributed by atoms with Gasteiger partial charge in [0.05, 0.1) is 12.7 Å². The SMILES string of the molecule is COC(=O)c1ccc(O)c(C=CCCBr)c1. The third-order valence-electron chi connectivity index (χ3n) is 2.02. The second-order valence-electron chi connectivity index (χ2n) is 3.15. The van der Waals surface area contributed by atoms with Crippen LogP contribution in [0.5, 0.6) is 5.75 Å². The first-order valence-electron chi connectivity index (χ1n) is 4.83. The van der Waals surface area contributed by atoms with Crippen molar-refractivity contribution in [2.45, 2.75) is 6.42 Å². The Morgan fingerprint density at radius 3 is 2.94 bits per heavy atom. The molecule has 0 amide bonds. The number of ether oxygens (including phenoxy) is 1. The number of allylic oxidation sites excluding steroid dienone is 1. The molecule has 0 heterocycles. The number of halogens is 1. The summed E-state index contributed by atoms with van der Waals surface area (Å²) < 4.78 is 4.60. The maximum atomic E-state index is 11.3. The van der Waals surface area contributed by atoms with Crippen LogP contribution in [0.3, 0.4) is 0 Å². The van der Waals surface area contributed by atoms with Crippen LogP contribution in [0, 0.1) is 0 Å². The van der Waals surface area contributed by atoms with E-state index >= 15 is 0 Å². The Hall–Kier alpha value is -1.29. The topological polar surface area (TPSA) is 46.5 Å². The normalized spacial score (nSPS) is 10.6. The average molecular weight is 285 g/mol. The van der Waals surface area contributed by atoms with Gasteiger partial charge in [-0.1, -0.05) is 28.1 Å². The highest BCUT2D eigenvalue weighted by atomic mass is 79.9. The number of alkyl halides is 1. The highest BCUT2D eigenvalue weighted by Gasteiger charge is 2.07. The lowest BCUT2D eigenvalue weighted by Crippen LogP contribution is -2.00. The first-order chi connectivity index (χ1) is 7.69. The Labute approximate surface area is 103 Å². The number of phenols is 1. The molecule has 0 atom stereocenters. The summed E-state index contributed by atoms with van der Waals surface area (Å²) >= 11 is 3.30. The van der Waals surface area contributed by atoms with Crippen LogP contribution in [0.1, 0.15) is 22.3 Å². The van der Waals surface area contributed by atoms with Crippen LogP contribution >= 0.6 is 15.9 Å². The maximum absolute atomic E-state index is 11.3. The molecule has 4 heteroatoms. The third-order valence-corrected chi connectivity index (χ3v) is 2.48. The molecule has 0 aliphatic heterocycles. The van der Waals surface area contributed by atoms with E-state index in [0.717, 1.165) is 11.8 Å². The molecular weight excluding hydrogens is 272 g/mol. The van der Waals surface area contributed by atoms with Crippen LogP contribution in [-0.2, 0) is 4.74 Å². The molecule has 3 nitrogen and oxygen atoms in total. The van der Waals surface area contributed by atoms with Crippen molar-refractivity contribution in [1.82, 2.24) is 0 Å². The molecule has 0 fully saturated rings. The number of aromatic hydroxyl groups is 1. The van der Waals surface area contributed by atoms with Gasteiger partial charge in [0.15, 0.2) is 0 Å². The van der Waals surface area contributed by atoms with Crippen LogP contribution in [0.4, 0.5) is 0 Å². The van der Waals surface area contributed by atoms with Crippen molar-refractivity contribution >= 4 is 28.0 Å². The smallest absolute Gasteiger partial charge is 0.337 e. The molecule has 0 aromatic heterocycles. The number of methoxy groups -OCH3 is 1. The zero-order chi connectivity index (χ0) is 12.0. The quantitative estimate of drug-likeness (QED) is 0.683. The predicted octanol–water partition coefficient (Wildman–Crippen LogP) is 2.98. The van der Waals surface area contributed by atoms with Crippen molar-refractivity contribution < 1.29 is 14.6 Å². The number of rotatable bonds is 4. The van der Waals surface area contributed by atoms with Crippen LogP contribution in [0.2, 0.25) is 0 Å². The van der Waals surface area contributed by atoms with Crippen molar-refractivity contribution in [3.05, 3.63) is 35.4 Å². The molecule has 0 aliphatic carbocycles. The van der Waals surface area contributed by atoms with E-state index in [2.05, 4.69) is 20.7 Å². The highest BCUT2D eigenvalue weighted by molar-refractivity contribution is 9.09. The van der Waals surface area contributed by atoms with E-state index in [1.165, 1.54) is 19.2 Å². The van der Waals surface area contributed by atoms with E-state index in [1.807, 2.05) is 6.08 Å². The summed E-state index contributed by atoms with van der Waals surface area (Å²) in [6, 6.07) is 4.62. The first-order valence-corrected chi connectivity index (χ1v) is 5.95. The van der Waals surface area contributed by atoms with Gasteiger partial charge in [0.25, 0.3) is 0 Å². The monoisotopic (exact) mass is 284 g/mol. The molecule has 86 valence electrons. The van der Waals surface area contributed by atoms with Gasteiger partial charge in [0.2, 0.25) is 0 Å². The van der Waals surface area contributed by atoms with Gasteiger partial charge < -0.3 is 9.84 Å². The number of carbonyl (C=O) groups is 1.